The summed E-state index contributed by atoms with van der Waals surface area (Å²) in [7, 11) is 0. The molecule has 0 amide bonds. The van der Waals surface area contributed by atoms with Gasteiger partial charge in [0.15, 0.2) is 0 Å². The fourth-order valence-electron chi connectivity index (χ4n) is 4.87. The second kappa shape index (κ2) is 9.06. The van der Waals surface area contributed by atoms with Gasteiger partial charge in [-0.1, -0.05) is 35.9 Å². The van der Waals surface area contributed by atoms with Gasteiger partial charge in [0, 0.05) is 43.0 Å². The van der Waals surface area contributed by atoms with Crippen LogP contribution in [0.3, 0.4) is 0 Å². The molecule has 7 nitrogen and oxygen atoms in total. The highest BCUT2D eigenvalue weighted by molar-refractivity contribution is 5.85. The average molecular weight is 457 g/mol. The molecule has 4 aromatic rings. The molecule has 5 rings (SSSR count). The highest BCUT2D eigenvalue weighted by atomic mass is 16.1. The highest BCUT2D eigenvalue weighted by Crippen LogP contribution is 2.24. The van der Waals surface area contributed by atoms with E-state index in [0.717, 1.165) is 59.6 Å². The molecule has 0 spiro atoms. The zero-order valence-corrected chi connectivity index (χ0v) is 20.2. The van der Waals surface area contributed by atoms with Crippen LogP contribution in [-0.4, -0.2) is 38.2 Å². The summed E-state index contributed by atoms with van der Waals surface area (Å²) in [6.07, 6.45) is 6.03. The van der Waals surface area contributed by atoms with Crippen molar-refractivity contribution in [3.8, 4) is 0 Å². The monoisotopic (exact) mass is 456 g/mol. The second-order valence-electron chi connectivity index (χ2n) is 9.57. The predicted octanol–water partition coefficient (Wildman–Crippen LogP) is 4.00. The normalized spacial score (nSPS) is 16.4. The quantitative estimate of drug-likeness (QED) is 0.459. The Kier molecular flexibility index (Phi) is 5.96. The van der Waals surface area contributed by atoms with Gasteiger partial charge in [-0.2, -0.15) is 0 Å². The van der Waals surface area contributed by atoms with Gasteiger partial charge in [0.2, 0.25) is 5.95 Å². The molecular weight excluding hydrogens is 424 g/mol. The van der Waals surface area contributed by atoms with Crippen LogP contribution in [0.25, 0.3) is 21.8 Å². The fourth-order valence-corrected chi connectivity index (χ4v) is 4.87. The maximum atomic E-state index is 13.8. The van der Waals surface area contributed by atoms with Crippen LogP contribution >= 0.6 is 0 Å². The first-order valence-electron chi connectivity index (χ1n) is 12.0. The van der Waals surface area contributed by atoms with Crippen molar-refractivity contribution in [3.63, 3.8) is 0 Å². The van der Waals surface area contributed by atoms with E-state index in [4.69, 9.17) is 15.7 Å². The fraction of sp³-hybridized carbons (Fsp3) is 0.370. The van der Waals surface area contributed by atoms with Gasteiger partial charge in [-0.15, -0.1) is 0 Å². The van der Waals surface area contributed by atoms with Crippen molar-refractivity contribution in [2.24, 2.45) is 5.73 Å². The molecule has 1 unspecified atom stereocenters. The molecule has 0 radical (unpaired) electrons. The standard InChI is InChI=1S/C27H32N6O/c1-18(2)10-14-33-25-23(30-27(33)32-12-6-8-21(28)16-32)11-13-31(26(25)34)17-24-22-9-5-4-7-20(22)15-19(3)29-24/h4-5,7,9-11,13,15,21H,6,8,12,14,16-17,28H2,1-3H3. The third kappa shape index (κ3) is 4.23. The number of aromatic nitrogens is 4. The topological polar surface area (TPSA) is 82.0 Å². The predicted molar refractivity (Wildman–Crippen MR) is 138 cm³/mol. The first-order valence-corrected chi connectivity index (χ1v) is 12.0. The molecule has 1 atom stereocenters. The molecule has 1 aliphatic heterocycles. The zero-order valence-electron chi connectivity index (χ0n) is 20.2. The van der Waals surface area contributed by atoms with Crippen LogP contribution in [-0.2, 0) is 13.1 Å². The number of rotatable bonds is 5. The Morgan fingerprint density at radius 3 is 2.82 bits per heavy atom. The van der Waals surface area contributed by atoms with Crippen LogP contribution in [0.1, 0.15) is 38.1 Å². The van der Waals surface area contributed by atoms with Crippen molar-refractivity contribution in [2.45, 2.75) is 52.7 Å². The molecular formula is C27H32N6O. The summed E-state index contributed by atoms with van der Waals surface area (Å²) < 4.78 is 3.81. The van der Waals surface area contributed by atoms with Crippen molar-refractivity contribution in [1.29, 1.82) is 0 Å². The van der Waals surface area contributed by atoms with Crippen LogP contribution in [0.2, 0.25) is 0 Å². The minimum atomic E-state index is -0.0490. The lowest BCUT2D eigenvalue weighted by atomic mass is 10.1. The summed E-state index contributed by atoms with van der Waals surface area (Å²) in [6, 6.07) is 12.3. The van der Waals surface area contributed by atoms with Gasteiger partial charge in [0.25, 0.3) is 5.56 Å². The molecule has 4 heterocycles. The van der Waals surface area contributed by atoms with Crippen molar-refractivity contribution < 1.29 is 0 Å². The molecule has 0 saturated carbocycles. The summed E-state index contributed by atoms with van der Waals surface area (Å²) >= 11 is 0. The van der Waals surface area contributed by atoms with Crippen molar-refractivity contribution >= 4 is 27.8 Å². The Balaban J connectivity index is 1.63. The van der Waals surface area contributed by atoms with E-state index in [1.165, 1.54) is 5.57 Å². The Bertz CT molecular complexity index is 1440. The first-order chi connectivity index (χ1) is 16.4. The molecule has 2 N–H and O–H groups in total. The number of benzene rings is 1. The van der Waals surface area contributed by atoms with Gasteiger partial charge >= 0.3 is 0 Å². The van der Waals surface area contributed by atoms with E-state index in [2.05, 4.69) is 47.6 Å². The van der Waals surface area contributed by atoms with Gasteiger partial charge in [-0.25, -0.2) is 4.98 Å². The van der Waals surface area contributed by atoms with Crippen molar-refractivity contribution in [1.82, 2.24) is 19.1 Å². The van der Waals surface area contributed by atoms with Gasteiger partial charge in [0.1, 0.15) is 5.52 Å². The minimum Gasteiger partial charge on any atom is -0.341 e. The van der Waals surface area contributed by atoms with E-state index in [-0.39, 0.29) is 11.6 Å². The Morgan fingerprint density at radius 2 is 2.03 bits per heavy atom. The molecule has 176 valence electrons. The molecule has 1 saturated heterocycles. The third-order valence-corrected chi connectivity index (χ3v) is 6.54. The molecule has 1 aliphatic rings. The Morgan fingerprint density at radius 1 is 1.21 bits per heavy atom. The molecule has 0 aliphatic carbocycles. The molecule has 1 aromatic carbocycles. The highest BCUT2D eigenvalue weighted by Gasteiger charge is 2.24. The number of imidazole rings is 1. The maximum Gasteiger partial charge on any atom is 0.277 e. The van der Waals surface area contributed by atoms with E-state index < -0.39 is 0 Å². The lowest BCUT2D eigenvalue weighted by Crippen LogP contribution is -2.44. The number of hydrogen-bond donors (Lipinski definition) is 1. The van der Waals surface area contributed by atoms with E-state index in [1.807, 2.05) is 31.3 Å². The molecule has 1 fully saturated rings. The molecule has 7 heteroatoms. The van der Waals surface area contributed by atoms with Crippen LogP contribution in [0.15, 0.2) is 59.0 Å². The molecule has 34 heavy (non-hydrogen) atoms. The molecule has 0 bridgehead atoms. The summed E-state index contributed by atoms with van der Waals surface area (Å²) in [5, 5.41) is 2.21. The van der Waals surface area contributed by atoms with E-state index in [9.17, 15) is 4.79 Å². The van der Waals surface area contributed by atoms with Crippen LogP contribution < -0.4 is 16.2 Å². The lowest BCUT2D eigenvalue weighted by Gasteiger charge is -2.31. The number of fused-ring (bicyclic) bond motifs is 2. The summed E-state index contributed by atoms with van der Waals surface area (Å²) in [5.41, 5.74) is 10.6. The van der Waals surface area contributed by atoms with Crippen molar-refractivity contribution in [2.75, 3.05) is 18.0 Å². The minimum absolute atomic E-state index is 0.0490. The first kappa shape index (κ1) is 22.3. The number of anilines is 1. The van der Waals surface area contributed by atoms with Crippen LogP contribution in [0.5, 0.6) is 0 Å². The third-order valence-electron chi connectivity index (χ3n) is 6.54. The Hall–Kier alpha value is -3.45. The second-order valence-corrected chi connectivity index (χ2v) is 9.57. The maximum absolute atomic E-state index is 13.8. The summed E-state index contributed by atoms with van der Waals surface area (Å²) in [6.45, 7) is 8.81. The van der Waals surface area contributed by atoms with E-state index in [1.54, 1.807) is 4.57 Å². The van der Waals surface area contributed by atoms with Crippen LogP contribution in [0.4, 0.5) is 5.95 Å². The summed E-state index contributed by atoms with van der Waals surface area (Å²) in [4.78, 5) is 25.7. The van der Waals surface area contributed by atoms with Gasteiger partial charge < -0.3 is 19.8 Å². The van der Waals surface area contributed by atoms with Gasteiger partial charge in [-0.05, 0) is 51.1 Å². The lowest BCUT2D eigenvalue weighted by molar-refractivity contribution is 0.495. The number of hydrogen-bond acceptors (Lipinski definition) is 5. The molecule has 3 aromatic heterocycles. The van der Waals surface area contributed by atoms with Gasteiger partial charge in [-0.3, -0.25) is 9.78 Å². The Labute approximate surface area is 199 Å². The van der Waals surface area contributed by atoms with Gasteiger partial charge in [0.05, 0.1) is 17.8 Å². The van der Waals surface area contributed by atoms with Crippen molar-refractivity contribution in [3.05, 3.63) is 76.0 Å². The number of aryl methyl sites for hydroxylation is 1. The number of pyridine rings is 2. The largest absolute Gasteiger partial charge is 0.341 e. The smallest absolute Gasteiger partial charge is 0.277 e. The SMILES string of the molecule is CC(C)=CCn1c(N2CCCC(N)C2)nc2ccn(Cc3nc(C)cc4ccccc34)c(=O)c21. The number of nitrogens with two attached hydrogens (primary N) is 1. The number of allylic oxidation sites excluding steroid dienone is 2. The number of piperidine rings is 1. The zero-order chi connectivity index (χ0) is 23.8. The van der Waals surface area contributed by atoms with Crippen LogP contribution in [0, 0.1) is 6.92 Å². The average Bonchev–Trinajstić information content (AvgIpc) is 3.19. The number of nitrogens with zero attached hydrogens (tertiary/aromatic N) is 5. The summed E-state index contributed by atoms with van der Waals surface area (Å²) in [5.74, 6) is 0.830. The van der Waals surface area contributed by atoms with E-state index >= 15 is 0 Å². The van der Waals surface area contributed by atoms with E-state index in [0.29, 0.717) is 18.6 Å².